The highest BCUT2D eigenvalue weighted by Crippen LogP contribution is 2.30. The van der Waals surface area contributed by atoms with Gasteiger partial charge in [0.05, 0.1) is 15.6 Å². The molecule has 1 amide bonds. The number of amides is 1. The minimum Gasteiger partial charge on any atom is -0.452 e. The molecular formula is C18H13Cl2F3N2O3. The number of nitrogens with one attached hydrogen (secondary N) is 1. The van der Waals surface area contributed by atoms with E-state index in [0.717, 1.165) is 24.3 Å². The molecule has 0 aliphatic heterocycles. The van der Waals surface area contributed by atoms with E-state index in [1.807, 2.05) is 0 Å². The molecule has 0 fully saturated rings. The van der Waals surface area contributed by atoms with Crippen LogP contribution in [0.1, 0.15) is 16.7 Å². The average molecular weight is 433 g/mol. The van der Waals surface area contributed by atoms with Gasteiger partial charge in [0.2, 0.25) is 0 Å². The van der Waals surface area contributed by atoms with Crippen molar-refractivity contribution >= 4 is 47.0 Å². The van der Waals surface area contributed by atoms with Crippen LogP contribution in [0.2, 0.25) is 10.0 Å². The minimum absolute atomic E-state index is 0.0594. The van der Waals surface area contributed by atoms with Crippen LogP contribution in [0.5, 0.6) is 0 Å². The summed E-state index contributed by atoms with van der Waals surface area (Å²) in [7, 11) is 0. The first-order valence-electron chi connectivity index (χ1n) is 7.70. The summed E-state index contributed by atoms with van der Waals surface area (Å²) in [6.45, 7) is 1.01. The fourth-order valence-electron chi connectivity index (χ4n) is 1.98. The lowest BCUT2D eigenvalue weighted by molar-refractivity contribution is -0.142. The number of esters is 1. The molecule has 28 heavy (non-hydrogen) atoms. The maximum absolute atomic E-state index is 12.6. The zero-order valence-electron chi connectivity index (χ0n) is 14.3. The largest absolute Gasteiger partial charge is 0.452 e. The predicted molar refractivity (Wildman–Crippen MR) is 99.1 cm³/mol. The van der Waals surface area contributed by atoms with Gasteiger partial charge >= 0.3 is 12.1 Å². The molecule has 0 atom stereocenters. The molecule has 0 spiro atoms. The summed E-state index contributed by atoms with van der Waals surface area (Å²) in [5.74, 6) is -1.54. The second kappa shape index (κ2) is 9.07. The Labute approximate surface area is 168 Å². The second-order valence-electron chi connectivity index (χ2n) is 5.51. The van der Waals surface area contributed by atoms with E-state index in [2.05, 4.69) is 10.3 Å². The van der Waals surface area contributed by atoms with Gasteiger partial charge in [-0.05, 0) is 36.3 Å². The van der Waals surface area contributed by atoms with Crippen LogP contribution in [0.3, 0.4) is 0 Å². The number of carbonyl (C=O) groups is 2. The molecule has 2 aromatic rings. The standard InChI is InChI=1S/C18H13Cl2F3N2O3/c1-10-13(19)8-24-17(16(10)20)25-14(26)9-28-15(27)6-5-11-3-2-4-12(7-11)18(21,22)23/h2-8H,9H2,1H3,(H,24,25,26). The van der Waals surface area contributed by atoms with Gasteiger partial charge in [-0.3, -0.25) is 4.79 Å². The number of hydrogen-bond donors (Lipinski definition) is 1. The van der Waals surface area contributed by atoms with Gasteiger partial charge in [-0.25, -0.2) is 9.78 Å². The third-order valence-corrected chi connectivity index (χ3v) is 4.28. The Morgan fingerprint density at radius 1 is 1.29 bits per heavy atom. The molecule has 1 heterocycles. The Balaban J connectivity index is 1.91. The molecule has 148 valence electrons. The van der Waals surface area contributed by atoms with Crippen molar-refractivity contribution in [2.75, 3.05) is 11.9 Å². The Hall–Kier alpha value is -2.58. The highest BCUT2D eigenvalue weighted by Gasteiger charge is 2.30. The predicted octanol–water partition coefficient (Wildman–Crippen LogP) is 4.91. The van der Waals surface area contributed by atoms with Crippen molar-refractivity contribution in [2.45, 2.75) is 13.1 Å². The summed E-state index contributed by atoms with van der Waals surface area (Å²) < 4.78 is 42.7. The van der Waals surface area contributed by atoms with Gasteiger partial charge in [0, 0.05) is 12.3 Å². The number of benzene rings is 1. The first kappa shape index (κ1) is 21.7. The number of rotatable bonds is 5. The van der Waals surface area contributed by atoms with Crippen molar-refractivity contribution < 1.29 is 27.5 Å². The van der Waals surface area contributed by atoms with Crippen LogP contribution in [-0.2, 0) is 20.5 Å². The quantitative estimate of drug-likeness (QED) is 0.538. The van der Waals surface area contributed by atoms with Crippen molar-refractivity contribution in [2.24, 2.45) is 0 Å². The smallest absolute Gasteiger partial charge is 0.416 e. The molecule has 1 aromatic heterocycles. The number of hydrogen-bond acceptors (Lipinski definition) is 4. The third kappa shape index (κ3) is 5.97. The second-order valence-corrected chi connectivity index (χ2v) is 6.29. The third-order valence-electron chi connectivity index (χ3n) is 3.43. The molecule has 0 saturated heterocycles. The summed E-state index contributed by atoms with van der Waals surface area (Å²) in [6, 6.07) is 4.40. The van der Waals surface area contributed by atoms with Crippen molar-refractivity contribution in [1.82, 2.24) is 4.98 Å². The van der Waals surface area contributed by atoms with Crippen molar-refractivity contribution in [1.29, 1.82) is 0 Å². The number of aromatic nitrogens is 1. The van der Waals surface area contributed by atoms with Crippen LogP contribution in [0.25, 0.3) is 6.08 Å². The number of nitrogens with zero attached hydrogens (tertiary/aromatic N) is 1. The Kier molecular flexibility index (Phi) is 7.04. The van der Waals surface area contributed by atoms with Gasteiger partial charge in [0.1, 0.15) is 0 Å². The molecule has 10 heteroatoms. The van der Waals surface area contributed by atoms with Gasteiger partial charge in [-0.2, -0.15) is 13.2 Å². The fourth-order valence-corrected chi connectivity index (χ4v) is 2.37. The first-order chi connectivity index (χ1) is 13.1. The van der Waals surface area contributed by atoms with E-state index < -0.39 is 30.2 Å². The molecular weight excluding hydrogens is 420 g/mol. The van der Waals surface area contributed by atoms with Gasteiger partial charge in [0.25, 0.3) is 5.91 Å². The average Bonchev–Trinajstić information content (AvgIpc) is 2.65. The lowest BCUT2D eigenvalue weighted by Gasteiger charge is -2.09. The minimum atomic E-state index is -4.49. The van der Waals surface area contributed by atoms with Crippen LogP contribution < -0.4 is 5.32 Å². The zero-order chi connectivity index (χ0) is 20.9. The SMILES string of the molecule is Cc1c(Cl)cnc(NC(=O)COC(=O)C=Cc2cccc(C(F)(F)F)c2)c1Cl. The molecule has 5 nitrogen and oxygen atoms in total. The number of alkyl halides is 3. The van der Waals surface area contributed by atoms with Gasteiger partial charge in [-0.15, -0.1) is 0 Å². The van der Waals surface area contributed by atoms with Crippen LogP contribution in [-0.4, -0.2) is 23.5 Å². The van der Waals surface area contributed by atoms with E-state index in [0.29, 0.717) is 10.6 Å². The van der Waals surface area contributed by atoms with Crippen LogP contribution >= 0.6 is 23.2 Å². The van der Waals surface area contributed by atoms with Gasteiger partial charge < -0.3 is 10.1 Å². The maximum atomic E-state index is 12.6. The summed E-state index contributed by atoms with van der Waals surface area (Å²) in [5, 5.41) is 2.84. The number of ether oxygens (including phenoxy) is 1. The Bertz CT molecular complexity index is 931. The molecule has 1 aromatic carbocycles. The van der Waals surface area contributed by atoms with Crippen LogP contribution in [0, 0.1) is 6.92 Å². The number of halogens is 5. The molecule has 2 rings (SSSR count). The summed E-state index contributed by atoms with van der Waals surface area (Å²) in [5.41, 5.74) is -0.163. The number of anilines is 1. The number of pyridine rings is 1. The molecule has 0 aliphatic rings. The summed E-state index contributed by atoms with van der Waals surface area (Å²) in [4.78, 5) is 27.3. The lowest BCUT2D eigenvalue weighted by Crippen LogP contribution is -2.21. The molecule has 1 N–H and O–H groups in total. The van der Waals surface area contributed by atoms with Crippen LogP contribution in [0.4, 0.5) is 19.0 Å². The molecule has 0 aliphatic carbocycles. The topological polar surface area (TPSA) is 68.3 Å². The van der Waals surface area contributed by atoms with Gasteiger partial charge in [0.15, 0.2) is 12.4 Å². The van der Waals surface area contributed by atoms with E-state index in [1.165, 1.54) is 18.3 Å². The first-order valence-corrected chi connectivity index (χ1v) is 8.46. The Morgan fingerprint density at radius 2 is 2.00 bits per heavy atom. The molecule has 0 saturated carbocycles. The lowest BCUT2D eigenvalue weighted by atomic mass is 10.1. The Morgan fingerprint density at radius 3 is 2.68 bits per heavy atom. The van der Waals surface area contributed by atoms with Crippen molar-refractivity contribution in [3.8, 4) is 0 Å². The van der Waals surface area contributed by atoms with E-state index in [4.69, 9.17) is 27.9 Å². The molecule has 0 unspecified atom stereocenters. The van der Waals surface area contributed by atoms with Crippen LogP contribution in [0.15, 0.2) is 36.5 Å². The van der Waals surface area contributed by atoms with E-state index in [9.17, 15) is 22.8 Å². The monoisotopic (exact) mass is 432 g/mol. The van der Waals surface area contributed by atoms with E-state index >= 15 is 0 Å². The summed E-state index contributed by atoms with van der Waals surface area (Å²) >= 11 is 11.9. The van der Waals surface area contributed by atoms with Crippen molar-refractivity contribution in [3.63, 3.8) is 0 Å². The van der Waals surface area contributed by atoms with E-state index in [-0.39, 0.29) is 16.4 Å². The highest BCUT2D eigenvalue weighted by molar-refractivity contribution is 6.37. The number of carbonyl (C=O) groups excluding carboxylic acids is 2. The van der Waals surface area contributed by atoms with Crippen molar-refractivity contribution in [3.05, 3.63) is 63.3 Å². The fraction of sp³-hybridized carbons (Fsp3) is 0.167. The summed E-state index contributed by atoms with van der Waals surface area (Å²) in [6.07, 6.45) is -1.11. The normalized spacial score (nSPS) is 11.5. The van der Waals surface area contributed by atoms with Gasteiger partial charge in [-0.1, -0.05) is 35.3 Å². The highest BCUT2D eigenvalue weighted by atomic mass is 35.5. The van der Waals surface area contributed by atoms with E-state index in [1.54, 1.807) is 6.92 Å². The zero-order valence-corrected chi connectivity index (χ0v) is 15.8. The maximum Gasteiger partial charge on any atom is 0.416 e. The molecule has 0 radical (unpaired) electrons. The molecule has 0 bridgehead atoms.